The van der Waals surface area contributed by atoms with Gasteiger partial charge in [-0.2, -0.15) is 5.10 Å². The van der Waals surface area contributed by atoms with E-state index in [0.717, 1.165) is 37.7 Å². The molecule has 1 aliphatic rings. The Labute approximate surface area is 157 Å². The van der Waals surface area contributed by atoms with Gasteiger partial charge in [-0.05, 0) is 24.1 Å². The first-order valence-electron chi connectivity index (χ1n) is 9.16. The van der Waals surface area contributed by atoms with Gasteiger partial charge in [0.2, 0.25) is 0 Å². The van der Waals surface area contributed by atoms with E-state index in [-0.39, 0.29) is 0 Å². The molecule has 0 saturated carbocycles. The molecule has 1 fully saturated rings. The standard InChI is InChI=1S/C21H22F2N4/c22-17-6-7-19(20(23)10-17)21-16(12-25-26-21)11-24-18-8-9-27(14-18)13-15-4-2-1-3-5-15/h1-7,10,12,18,24H,8-9,11,13-14H2,(H,25,26). The maximum absolute atomic E-state index is 14.1. The van der Waals surface area contributed by atoms with Gasteiger partial charge in [0.1, 0.15) is 11.6 Å². The van der Waals surface area contributed by atoms with Crippen LogP contribution in [-0.4, -0.2) is 34.2 Å². The normalized spacial score (nSPS) is 17.5. The summed E-state index contributed by atoms with van der Waals surface area (Å²) in [6, 6.07) is 14.4. The Balaban J connectivity index is 1.36. The maximum Gasteiger partial charge on any atom is 0.135 e. The molecule has 2 aromatic carbocycles. The number of H-pyrrole nitrogens is 1. The Morgan fingerprint density at radius 1 is 1.15 bits per heavy atom. The average Bonchev–Trinajstić information content (AvgIpc) is 3.30. The molecule has 1 aromatic heterocycles. The number of aromatic amines is 1. The summed E-state index contributed by atoms with van der Waals surface area (Å²) < 4.78 is 27.2. The Hall–Kier alpha value is -2.57. The summed E-state index contributed by atoms with van der Waals surface area (Å²) in [6.07, 6.45) is 2.77. The van der Waals surface area contributed by atoms with Crippen LogP contribution in [0.1, 0.15) is 17.5 Å². The first kappa shape index (κ1) is 17.8. The van der Waals surface area contributed by atoms with E-state index in [0.29, 0.717) is 23.8 Å². The Morgan fingerprint density at radius 2 is 2.00 bits per heavy atom. The molecule has 0 radical (unpaired) electrons. The van der Waals surface area contributed by atoms with Gasteiger partial charge in [-0.15, -0.1) is 0 Å². The zero-order valence-electron chi connectivity index (χ0n) is 15.0. The zero-order chi connectivity index (χ0) is 18.6. The van der Waals surface area contributed by atoms with Crippen LogP contribution in [0.25, 0.3) is 11.3 Å². The van der Waals surface area contributed by atoms with Gasteiger partial charge in [0.15, 0.2) is 0 Å². The van der Waals surface area contributed by atoms with Crippen molar-refractivity contribution < 1.29 is 8.78 Å². The van der Waals surface area contributed by atoms with Gasteiger partial charge in [-0.25, -0.2) is 8.78 Å². The van der Waals surface area contributed by atoms with E-state index >= 15 is 0 Å². The summed E-state index contributed by atoms with van der Waals surface area (Å²) in [5.41, 5.74) is 3.13. The number of hydrogen-bond donors (Lipinski definition) is 2. The van der Waals surface area contributed by atoms with Gasteiger partial charge in [-0.3, -0.25) is 10.00 Å². The van der Waals surface area contributed by atoms with Crippen LogP contribution in [0.4, 0.5) is 8.78 Å². The molecule has 1 unspecified atom stereocenters. The second-order valence-corrected chi connectivity index (χ2v) is 6.98. The molecule has 2 heterocycles. The van der Waals surface area contributed by atoms with E-state index in [9.17, 15) is 8.78 Å². The highest BCUT2D eigenvalue weighted by atomic mass is 19.1. The number of benzene rings is 2. The van der Waals surface area contributed by atoms with Gasteiger partial charge >= 0.3 is 0 Å². The van der Waals surface area contributed by atoms with Crippen molar-refractivity contribution >= 4 is 0 Å². The van der Waals surface area contributed by atoms with E-state index in [2.05, 4.69) is 44.7 Å². The van der Waals surface area contributed by atoms with E-state index < -0.39 is 11.6 Å². The van der Waals surface area contributed by atoms with Gasteiger partial charge < -0.3 is 5.32 Å². The van der Waals surface area contributed by atoms with Crippen LogP contribution in [0.5, 0.6) is 0 Å². The molecule has 4 rings (SSSR count). The monoisotopic (exact) mass is 368 g/mol. The fourth-order valence-corrected chi connectivity index (χ4v) is 3.61. The van der Waals surface area contributed by atoms with Crippen molar-refractivity contribution in [3.05, 3.63) is 77.5 Å². The van der Waals surface area contributed by atoms with Crippen LogP contribution in [0.15, 0.2) is 54.7 Å². The van der Waals surface area contributed by atoms with Gasteiger partial charge in [0, 0.05) is 49.4 Å². The fraction of sp³-hybridized carbons (Fsp3) is 0.286. The highest BCUT2D eigenvalue weighted by molar-refractivity contribution is 5.63. The molecule has 0 amide bonds. The predicted molar refractivity (Wildman–Crippen MR) is 101 cm³/mol. The molecule has 1 aliphatic heterocycles. The molecule has 0 bridgehead atoms. The molecule has 0 spiro atoms. The molecule has 140 valence electrons. The number of rotatable bonds is 6. The molecule has 0 aliphatic carbocycles. The highest BCUT2D eigenvalue weighted by Crippen LogP contribution is 2.25. The lowest BCUT2D eigenvalue weighted by Crippen LogP contribution is -2.32. The van der Waals surface area contributed by atoms with E-state index in [1.54, 1.807) is 6.20 Å². The predicted octanol–water partition coefficient (Wildman–Crippen LogP) is 3.72. The minimum atomic E-state index is -0.588. The van der Waals surface area contributed by atoms with Crippen LogP contribution in [0.3, 0.4) is 0 Å². The summed E-state index contributed by atoms with van der Waals surface area (Å²) in [5, 5.41) is 10.4. The van der Waals surface area contributed by atoms with Gasteiger partial charge in [0.05, 0.1) is 11.9 Å². The van der Waals surface area contributed by atoms with Crippen molar-refractivity contribution in [1.29, 1.82) is 0 Å². The van der Waals surface area contributed by atoms with Crippen molar-refractivity contribution in [3.8, 4) is 11.3 Å². The Morgan fingerprint density at radius 3 is 2.81 bits per heavy atom. The number of nitrogens with zero attached hydrogens (tertiary/aromatic N) is 2. The highest BCUT2D eigenvalue weighted by Gasteiger charge is 2.22. The minimum Gasteiger partial charge on any atom is -0.308 e. The van der Waals surface area contributed by atoms with E-state index in [1.165, 1.54) is 17.7 Å². The maximum atomic E-state index is 14.1. The number of nitrogens with one attached hydrogen (secondary N) is 2. The second kappa shape index (κ2) is 7.98. The minimum absolute atomic E-state index is 0.336. The molecule has 4 nitrogen and oxygen atoms in total. The zero-order valence-corrected chi connectivity index (χ0v) is 15.0. The summed E-state index contributed by atoms with van der Waals surface area (Å²) in [7, 11) is 0. The number of halogens is 2. The smallest absolute Gasteiger partial charge is 0.135 e. The van der Waals surface area contributed by atoms with Crippen molar-refractivity contribution in [2.24, 2.45) is 0 Å². The van der Waals surface area contributed by atoms with Crippen LogP contribution in [0.2, 0.25) is 0 Å². The van der Waals surface area contributed by atoms with E-state index in [4.69, 9.17) is 0 Å². The van der Waals surface area contributed by atoms with Gasteiger partial charge in [-0.1, -0.05) is 30.3 Å². The summed E-state index contributed by atoms with van der Waals surface area (Å²) in [6.45, 7) is 3.58. The first-order chi connectivity index (χ1) is 13.2. The number of likely N-dealkylation sites (tertiary alicyclic amines) is 1. The van der Waals surface area contributed by atoms with Crippen molar-refractivity contribution in [2.75, 3.05) is 13.1 Å². The third-order valence-electron chi connectivity index (χ3n) is 5.02. The first-order valence-corrected chi connectivity index (χ1v) is 9.16. The molecule has 6 heteroatoms. The Bertz CT molecular complexity index is 894. The summed E-state index contributed by atoms with van der Waals surface area (Å²) >= 11 is 0. The van der Waals surface area contributed by atoms with Crippen molar-refractivity contribution in [1.82, 2.24) is 20.4 Å². The molecular formula is C21H22F2N4. The lowest BCUT2D eigenvalue weighted by molar-refractivity contribution is 0.320. The fourth-order valence-electron chi connectivity index (χ4n) is 3.61. The largest absolute Gasteiger partial charge is 0.308 e. The van der Waals surface area contributed by atoms with E-state index in [1.807, 2.05) is 6.07 Å². The third-order valence-corrected chi connectivity index (χ3v) is 5.02. The van der Waals surface area contributed by atoms with Crippen molar-refractivity contribution in [3.63, 3.8) is 0 Å². The molecule has 3 aromatic rings. The van der Waals surface area contributed by atoms with Gasteiger partial charge in [0.25, 0.3) is 0 Å². The molecular weight excluding hydrogens is 346 g/mol. The lowest BCUT2D eigenvalue weighted by Gasteiger charge is -2.17. The van der Waals surface area contributed by atoms with Crippen LogP contribution in [0, 0.1) is 11.6 Å². The topological polar surface area (TPSA) is 44.0 Å². The summed E-state index contributed by atoms with van der Waals surface area (Å²) in [5.74, 6) is -1.17. The number of hydrogen-bond acceptors (Lipinski definition) is 3. The number of aromatic nitrogens is 2. The Kier molecular flexibility index (Phi) is 5.27. The van der Waals surface area contributed by atoms with Crippen molar-refractivity contribution in [2.45, 2.75) is 25.6 Å². The summed E-state index contributed by atoms with van der Waals surface area (Å²) in [4.78, 5) is 2.43. The lowest BCUT2D eigenvalue weighted by atomic mass is 10.1. The average molecular weight is 368 g/mol. The van der Waals surface area contributed by atoms with Crippen LogP contribution in [-0.2, 0) is 13.1 Å². The quantitative estimate of drug-likeness (QED) is 0.697. The molecule has 1 atom stereocenters. The molecule has 27 heavy (non-hydrogen) atoms. The SMILES string of the molecule is Fc1ccc(-c2[nH]ncc2CNC2CCN(Cc3ccccc3)C2)c(F)c1. The van der Waals surface area contributed by atoms with Crippen LogP contribution < -0.4 is 5.32 Å². The third kappa shape index (κ3) is 4.23. The second-order valence-electron chi connectivity index (χ2n) is 6.98. The van der Waals surface area contributed by atoms with Crippen LogP contribution >= 0.6 is 0 Å². The molecule has 1 saturated heterocycles. The molecule has 2 N–H and O–H groups in total.